The molecule has 0 bridgehead atoms. The van der Waals surface area contributed by atoms with Gasteiger partial charge >= 0.3 is 0 Å². The predicted octanol–water partition coefficient (Wildman–Crippen LogP) is 4.29. The summed E-state index contributed by atoms with van der Waals surface area (Å²) in [6.45, 7) is 7.47. The highest BCUT2D eigenvalue weighted by molar-refractivity contribution is 14.0. The SMILES string of the molecule is COCCC(C)(C)CN=C(NCCc1ccc(OC)cc1)NCCc1ccco1.I. The van der Waals surface area contributed by atoms with E-state index in [9.17, 15) is 0 Å². The van der Waals surface area contributed by atoms with E-state index in [1.165, 1.54) is 5.56 Å². The van der Waals surface area contributed by atoms with Gasteiger partial charge in [0.05, 0.1) is 13.4 Å². The van der Waals surface area contributed by atoms with Crippen molar-refractivity contribution in [2.24, 2.45) is 10.4 Å². The fraction of sp³-hybridized carbons (Fsp3) is 0.522. The van der Waals surface area contributed by atoms with Crippen molar-refractivity contribution < 1.29 is 13.9 Å². The van der Waals surface area contributed by atoms with Crippen LogP contribution >= 0.6 is 24.0 Å². The molecule has 6 nitrogen and oxygen atoms in total. The number of aliphatic imine (C=N–C) groups is 1. The summed E-state index contributed by atoms with van der Waals surface area (Å²) in [5.74, 6) is 2.67. The smallest absolute Gasteiger partial charge is 0.191 e. The van der Waals surface area contributed by atoms with Crippen LogP contribution in [0.15, 0.2) is 52.1 Å². The molecule has 1 heterocycles. The molecule has 2 rings (SSSR count). The number of hydrogen-bond donors (Lipinski definition) is 2. The van der Waals surface area contributed by atoms with E-state index in [0.29, 0.717) is 0 Å². The Morgan fingerprint density at radius 3 is 2.33 bits per heavy atom. The molecule has 0 aliphatic rings. The first-order valence-corrected chi connectivity index (χ1v) is 10.2. The van der Waals surface area contributed by atoms with Crippen LogP contribution in [0.5, 0.6) is 5.75 Å². The van der Waals surface area contributed by atoms with Crippen molar-refractivity contribution in [3.63, 3.8) is 0 Å². The maximum atomic E-state index is 5.41. The number of nitrogens with zero attached hydrogens (tertiary/aromatic N) is 1. The van der Waals surface area contributed by atoms with Crippen molar-refractivity contribution in [3.8, 4) is 5.75 Å². The zero-order valence-electron chi connectivity index (χ0n) is 18.6. The maximum absolute atomic E-state index is 5.41. The van der Waals surface area contributed by atoms with E-state index in [1.54, 1.807) is 20.5 Å². The molecule has 2 N–H and O–H groups in total. The molecule has 7 heteroatoms. The van der Waals surface area contributed by atoms with Gasteiger partial charge in [-0.3, -0.25) is 4.99 Å². The number of ether oxygens (including phenoxy) is 2. The number of halogens is 1. The molecular weight excluding hydrogens is 493 g/mol. The highest BCUT2D eigenvalue weighted by Crippen LogP contribution is 2.20. The van der Waals surface area contributed by atoms with E-state index in [1.807, 2.05) is 24.3 Å². The topological polar surface area (TPSA) is 68.0 Å². The van der Waals surface area contributed by atoms with Crippen LogP contribution in [0, 0.1) is 5.41 Å². The number of hydrogen-bond acceptors (Lipinski definition) is 4. The second-order valence-electron chi connectivity index (χ2n) is 7.85. The Kier molecular flexibility index (Phi) is 12.5. The first kappa shape index (κ1) is 26.3. The van der Waals surface area contributed by atoms with Crippen LogP contribution in [-0.4, -0.2) is 46.4 Å². The minimum atomic E-state index is 0. The molecule has 0 atom stereocenters. The molecule has 0 amide bonds. The van der Waals surface area contributed by atoms with Gasteiger partial charge in [0.15, 0.2) is 5.96 Å². The number of benzene rings is 1. The molecule has 0 aliphatic carbocycles. The Balaban J connectivity index is 0.00000450. The average Bonchev–Trinajstić information content (AvgIpc) is 3.24. The van der Waals surface area contributed by atoms with Gasteiger partial charge in [-0.1, -0.05) is 26.0 Å². The normalized spacial score (nSPS) is 11.7. The minimum absolute atomic E-state index is 0. The van der Waals surface area contributed by atoms with E-state index in [0.717, 1.165) is 63.0 Å². The Morgan fingerprint density at radius 2 is 1.73 bits per heavy atom. The van der Waals surface area contributed by atoms with Crippen LogP contribution < -0.4 is 15.4 Å². The Bertz CT molecular complexity index is 716. The summed E-state index contributed by atoms with van der Waals surface area (Å²) in [6.07, 6.45) is 4.41. The molecule has 0 radical (unpaired) electrons. The van der Waals surface area contributed by atoms with Gasteiger partial charge in [0.25, 0.3) is 0 Å². The second-order valence-corrected chi connectivity index (χ2v) is 7.85. The third kappa shape index (κ3) is 10.3. The Hall–Kier alpha value is -1.74. The molecule has 2 aromatic rings. The van der Waals surface area contributed by atoms with Crippen molar-refractivity contribution in [1.29, 1.82) is 0 Å². The van der Waals surface area contributed by atoms with Crippen LogP contribution in [0.4, 0.5) is 0 Å². The summed E-state index contributed by atoms with van der Waals surface area (Å²) in [6, 6.07) is 12.1. The number of furan rings is 1. The first-order valence-electron chi connectivity index (χ1n) is 10.2. The number of nitrogens with one attached hydrogen (secondary N) is 2. The molecule has 1 aromatic carbocycles. The lowest BCUT2D eigenvalue weighted by atomic mass is 9.90. The summed E-state index contributed by atoms with van der Waals surface area (Å²) in [7, 11) is 3.42. The van der Waals surface area contributed by atoms with Crippen molar-refractivity contribution in [3.05, 3.63) is 54.0 Å². The fourth-order valence-electron chi connectivity index (χ4n) is 2.80. The van der Waals surface area contributed by atoms with Crippen LogP contribution in [0.2, 0.25) is 0 Å². The third-order valence-electron chi connectivity index (χ3n) is 4.76. The van der Waals surface area contributed by atoms with E-state index in [2.05, 4.69) is 36.6 Å². The lowest BCUT2D eigenvalue weighted by Gasteiger charge is -2.23. The van der Waals surface area contributed by atoms with Gasteiger partial charge in [0, 0.05) is 39.8 Å². The van der Waals surface area contributed by atoms with Gasteiger partial charge in [0.2, 0.25) is 0 Å². The molecule has 1 aromatic heterocycles. The summed E-state index contributed by atoms with van der Waals surface area (Å²) < 4.78 is 15.8. The van der Waals surface area contributed by atoms with Crippen LogP contribution in [0.25, 0.3) is 0 Å². The minimum Gasteiger partial charge on any atom is -0.497 e. The Morgan fingerprint density at radius 1 is 1.03 bits per heavy atom. The van der Waals surface area contributed by atoms with Crippen LogP contribution in [-0.2, 0) is 17.6 Å². The van der Waals surface area contributed by atoms with Crippen molar-refractivity contribution >= 4 is 29.9 Å². The van der Waals surface area contributed by atoms with Gasteiger partial charge in [0.1, 0.15) is 11.5 Å². The monoisotopic (exact) mass is 529 g/mol. The number of rotatable bonds is 12. The Labute approximate surface area is 197 Å². The van der Waals surface area contributed by atoms with E-state index in [4.69, 9.17) is 18.9 Å². The second kappa shape index (κ2) is 14.3. The van der Waals surface area contributed by atoms with Gasteiger partial charge in [-0.25, -0.2) is 0 Å². The largest absolute Gasteiger partial charge is 0.497 e. The van der Waals surface area contributed by atoms with E-state index in [-0.39, 0.29) is 29.4 Å². The molecular formula is C23H36IN3O3. The highest BCUT2D eigenvalue weighted by atomic mass is 127. The van der Waals surface area contributed by atoms with E-state index < -0.39 is 0 Å². The molecule has 168 valence electrons. The van der Waals surface area contributed by atoms with Crippen molar-refractivity contribution in [2.75, 3.05) is 40.5 Å². The molecule has 0 unspecified atom stereocenters. The highest BCUT2D eigenvalue weighted by Gasteiger charge is 2.17. The number of guanidine groups is 1. The summed E-state index contributed by atoms with van der Waals surface area (Å²) in [5, 5.41) is 6.87. The van der Waals surface area contributed by atoms with Crippen LogP contribution in [0.1, 0.15) is 31.6 Å². The first-order chi connectivity index (χ1) is 14.0. The zero-order valence-corrected chi connectivity index (χ0v) is 20.9. The molecule has 30 heavy (non-hydrogen) atoms. The summed E-state index contributed by atoms with van der Waals surface area (Å²) in [4.78, 5) is 4.81. The van der Waals surface area contributed by atoms with Crippen LogP contribution in [0.3, 0.4) is 0 Å². The molecule has 0 saturated carbocycles. The number of methoxy groups -OCH3 is 2. The van der Waals surface area contributed by atoms with Crippen molar-refractivity contribution in [1.82, 2.24) is 10.6 Å². The van der Waals surface area contributed by atoms with Gasteiger partial charge in [-0.2, -0.15) is 0 Å². The molecule has 0 saturated heterocycles. The third-order valence-corrected chi connectivity index (χ3v) is 4.76. The van der Waals surface area contributed by atoms with Crippen molar-refractivity contribution in [2.45, 2.75) is 33.1 Å². The standard InChI is InChI=1S/C23H35N3O3.HI/c1-23(2,13-17-27-3)18-26-22(25-15-12-21-6-5-16-29-21)24-14-11-19-7-9-20(28-4)10-8-19;/h5-10,16H,11-15,17-18H2,1-4H3,(H2,24,25,26);1H. The average molecular weight is 529 g/mol. The maximum Gasteiger partial charge on any atom is 0.191 e. The summed E-state index contributed by atoms with van der Waals surface area (Å²) in [5.41, 5.74) is 1.34. The van der Waals surface area contributed by atoms with E-state index >= 15 is 0 Å². The molecule has 0 spiro atoms. The lowest BCUT2D eigenvalue weighted by Crippen LogP contribution is -2.40. The molecule has 0 aliphatic heterocycles. The van der Waals surface area contributed by atoms with Gasteiger partial charge < -0.3 is 24.5 Å². The lowest BCUT2D eigenvalue weighted by molar-refractivity contribution is 0.155. The van der Waals surface area contributed by atoms with Gasteiger partial charge in [-0.05, 0) is 48.1 Å². The zero-order chi connectivity index (χ0) is 21.0. The predicted molar refractivity (Wildman–Crippen MR) is 133 cm³/mol. The fourth-order valence-corrected chi connectivity index (χ4v) is 2.80. The molecule has 0 fully saturated rings. The van der Waals surface area contributed by atoms with Gasteiger partial charge in [-0.15, -0.1) is 24.0 Å². The summed E-state index contributed by atoms with van der Waals surface area (Å²) >= 11 is 0. The quantitative estimate of drug-likeness (QED) is 0.244.